The van der Waals surface area contributed by atoms with Crippen molar-refractivity contribution >= 4 is 22.9 Å². The van der Waals surface area contributed by atoms with Crippen molar-refractivity contribution in [1.82, 2.24) is 21.0 Å². The Morgan fingerprint density at radius 3 is 2.65 bits per heavy atom. The molecule has 0 aliphatic carbocycles. The number of carbonyl (C=O) groups is 1. The van der Waals surface area contributed by atoms with Crippen LogP contribution >= 0.6 is 11.3 Å². The van der Waals surface area contributed by atoms with Crippen LogP contribution < -0.4 is 20.3 Å². The highest BCUT2D eigenvalue weighted by Gasteiger charge is 2.13. The maximum absolute atomic E-state index is 12.3. The predicted molar refractivity (Wildman–Crippen MR) is 101 cm³/mol. The smallest absolute Gasteiger partial charge is 0.287 e. The summed E-state index contributed by atoms with van der Waals surface area (Å²) in [6, 6.07) is 10.9. The van der Waals surface area contributed by atoms with Crippen LogP contribution in [-0.2, 0) is 0 Å². The van der Waals surface area contributed by atoms with Gasteiger partial charge in [-0.1, -0.05) is 12.6 Å². The summed E-state index contributed by atoms with van der Waals surface area (Å²) in [5, 5.41) is 8.85. The Balaban J connectivity index is 1.69. The molecule has 2 heterocycles. The topological polar surface area (TPSA) is 88.3 Å². The first-order chi connectivity index (χ1) is 12.6. The first-order valence-electron chi connectivity index (χ1n) is 7.69. The standard InChI is InChI=1S/C18H18N4O3S/c1-11(17-5-4-8-26-17)19-22-18(23)14-10-13(20-21-14)12-6-7-15(24-2)16(9-12)25-3/h4-10,19H,1H2,2-3H3,(H,20,21)(H,22,23). The molecule has 0 atom stereocenters. The number of nitrogens with one attached hydrogen (secondary N) is 3. The number of rotatable bonds is 7. The number of aromatic amines is 1. The van der Waals surface area contributed by atoms with E-state index in [1.54, 1.807) is 32.4 Å². The Bertz CT molecular complexity index is 918. The van der Waals surface area contributed by atoms with Crippen LogP contribution in [0.4, 0.5) is 0 Å². The molecule has 1 aromatic carbocycles. The number of hydrazine groups is 1. The highest BCUT2D eigenvalue weighted by molar-refractivity contribution is 7.11. The molecule has 1 amide bonds. The van der Waals surface area contributed by atoms with E-state index in [1.165, 1.54) is 11.3 Å². The average molecular weight is 370 g/mol. The average Bonchev–Trinajstić information content (AvgIpc) is 3.37. The summed E-state index contributed by atoms with van der Waals surface area (Å²) in [7, 11) is 3.14. The molecule has 0 radical (unpaired) electrons. The second kappa shape index (κ2) is 7.75. The molecule has 0 spiro atoms. The third-order valence-electron chi connectivity index (χ3n) is 3.65. The van der Waals surface area contributed by atoms with Gasteiger partial charge in [0.25, 0.3) is 5.91 Å². The zero-order valence-corrected chi connectivity index (χ0v) is 15.1. The molecule has 0 bridgehead atoms. The van der Waals surface area contributed by atoms with Gasteiger partial charge in [-0.05, 0) is 35.7 Å². The minimum absolute atomic E-state index is 0.321. The van der Waals surface area contributed by atoms with Crippen LogP contribution in [0.1, 0.15) is 15.4 Å². The number of amides is 1. The van der Waals surface area contributed by atoms with Gasteiger partial charge in [0.05, 0.1) is 30.5 Å². The number of thiophene rings is 1. The number of carbonyl (C=O) groups excluding carboxylic acids is 1. The Hall–Kier alpha value is -3.26. The Labute approximate surface area is 154 Å². The lowest BCUT2D eigenvalue weighted by Crippen LogP contribution is -2.35. The maximum atomic E-state index is 12.3. The fourth-order valence-electron chi connectivity index (χ4n) is 2.29. The minimum Gasteiger partial charge on any atom is -0.493 e. The van der Waals surface area contributed by atoms with Crippen LogP contribution in [0.2, 0.25) is 0 Å². The van der Waals surface area contributed by atoms with Gasteiger partial charge < -0.3 is 9.47 Å². The first-order valence-corrected chi connectivity index (χ1v) is 8.57. The number of methoxy groups -OCH3 is 2. The summed E-state index contributed by atoms with van der Waals surface area (Å²) in [5.74, 6) is 0.871. The lowest BCUT2D eigenvalue weighted by molar-refractivity contribution is 0.0937. The molecule has 26 heavy (non-hydrogen) atoms. The van der Waals surface area contributed by atoms with E-state index in [0.717, 1.165) is 10.4 Å². The molecule has 0 aliphatic heterocycles. The zero-order chi connectivity index (χ0) is 18.5. The molecule has 0 fully saturated rings. The molecule has 8 heteroatoms. The number of aromatic nitrogens is 2. The summed E-state index contributed by atoms with van der Waals surface area (Å²) >= 11 is 1.53. The Morgan fingerprint density at radius 1 is 1.15 bits per heavy atom. The largest absolute Gasteiger partial charge is 0.493 e. The molecular weight excluding hydrogens is 352 g/mol. The van der Waals surface area contributed by atoms with Crippen molar-refractivity contribution < 1.29 is 14.3 Å². The molecule has 134 valence electrons. The minimum atomic E-state index is -0.345. The van der Waals surface area contributed by atoms with Crippen molar-refractivity contribution in [2.45, 2.75) is 0 Å². The molecule has 0 aliphatic rings. The van der Waals surface area contributed by atoms with E-state index in [0.29, 0.717) is 28.6 Å². The van der Waals surface area contributed by atoms with Gasteiger partial charge in [-0.2, -0.15) is 5.10 Å². The van der Waals surface area contributed by atoms with Gasteiger partial charge in [0.1, 0.15) is 5.69 Å². The molecule has 7 nitrogen and oxygen atoms in total. The highest BCUT2D eigenvalue weighted by Crippen LogP contribution is 2.31. The summed E-state index contributed by atoms with van der Waals surface area (Å²) in [5.41, 5.74) is 7.75. The van der Waals surface area contributed by atoms with Crippen molar-refractivity contribution in [2.24, 2.45) is 0 Å². The van der Waals surface area contributed by atoms with E-state index in [4.69, 9.17) is 9.47 Å². The van der Waals surface area contributed by atoms with Gasteiger partial charge in [-0.25, -0.2) is 0 Å². The lowest BCUT2D eigenvalue weighted by atomic mass is 10.1. The quantitative estimate of drug-likeness (QED) is 0.556. The van der Waals surface area contributed by atoms with Gasteiger partial charge in [-0.3, -0.25) is 20.7 Å². The number of ether oxygens (including phenoxy) is 2. The zero-order valence-electron chi connectivity index (χ0n) is 14.3. The van der Waals surface area contributed by atoms with Crippen LogP contribution in [0, 0.1) is 0 Å². The highest BCUT2D eigenvalue weighted by atomic mass is 32.1. The van der Waals surface area contributed by atoms with Crippen LogP contribution in [-0.4, -0.2) is 30.3 Å². The fourth-order valence-corrected chi connectivity index (χ4v) is 2.95. The molecule has 0 unspecified atom stereocenters. The van der Waals surface area contributed by atoms with Crippen molar-refractivity contribution in [3.63, 3.8) is 0 Å². The molecule has 0 saturated heterocycles. The van der Waals surface area contributed by atoms with Crippen molar-refractivity contribution in [2.75, 3.05) is 14.2 Å². The van der Waals surface area contributed by atoms with Gasteiger partial charge in [-0.15, -0.1) is 11.3 Å². The molecule has 3 N–H and O–H groups in total. The van der Waals surface area contributed by atoms with E-state index in [2.05, 4.69) is 27.6 Å². The van der Waals surface area contributed by atoms with Gasteiger partial charge >= 0.3 is 0 Å². The molecular formula is C18H18N4O3S. The third-order valence-corrected chi connectivity index (χ3v) is 4.58. The van der Waals surface area contributed by atoms with Crippen molar-refractivity contribution in [3.8, 4) is 22.8 Å². The maximum Gasteiger partial charge on any atom is 0.287 e. The number of hydrogen-bond acceptors (Lipinski definition) is 6. The van der Waals surface area contributed by atoms with Crippen LogP contribution in [0.5, 0.6) is 11.5 Å². The van der Waals surface area contributed by atoms with E-state index in [9.17, 15) is 4.79 Å². The Kier molecular flexibility index (Phi) is 5.23. The molecule has 3 rings (SSSR count). The fraction of sp³-hybridized carbons (Fsp3) is 0.111. The number of hydrogen-bond donors (Lipinski definition) is 3. The Morgan fingerprint density at radius 2 is 1.96 bits per heavy atom. The number of H-pyrrole nitrogens is 1. The third kappa shape index (κ3) is 3.70. The van der Waals surface area contributed by atoms with Gasteiger partial charge in [0.2, 0.25) is 0 Å². The number of nitrogens with zero attached hydrogens (tertiary/aromatic N) is 1. The van der Waals surface area contributed by atoms with Crippen LogP contribution in [0.25, 0.3) is 17.0 Å². The lowest BCUT2D eigenvalue weighted by Gasteiger charge is -2.08. The van der Waals surface area contributed by atoms with Crippen molar-refractivity contribution in [1.29, 1.82) is 0 Å². The normalized spacial score (nSPS) is 10.2. The molecule has 2 aromatic heterocycles. The van der Waals surface area contributed by atoms with E-state index >= 15 is 0 Å². The summed E-state index contributed by atoms with van der Waals surface area (Å²) < 4.78 is 10.5. The molecule has 3 aromatic rings. The monoisotopic (exact) mass is 370 g/mol. The second-order valence-corrected chi connectivity index (χ2v) is 6.22. The number of benzene rings is 1. The summed E-state index contributed by atoms with van der Waals surface area (Å²) in [6.07, 6.45) is 0. The van der Waals surface area contributed by atoms with Gasteiger partial charge in [0, 0.05) is 5.56 Å². The second-order valence-electron chi connectivity index (χ2n) is 5.27. The van der Waals surface area contributed by atoms with Crippen molar-refractivity contribution in [3.05, 3.63) is 58.9 Å². The van der Waals surface area contributed by atoms with E-state index in [-0.39, 0.29) is 5.91 Å². The summed E-state index contributed by atoms with van der Waals surface area (Å²) in [4.78, 5) is 13.2. The first kappa shape index (κ1) is 17.6. The molecule has 0 saturated carbocycles. The summed E-state index contributed by atoms with van der Waals surface area (Å²) in [6.45, 7) is 3.88. The SMILES string of the molecule is C=C(NNC(=O)c1cc(-c2ccc(OC)c(OC)c2)n[nH]1)c1cccs1. The van der Waals surface area contributed by atoms with E-state index < -0.39 is 0 Å². The van der Waals surface area contributed by atoms with Crippen LogP contribution in [0.3, 0.4) is 0 Å². The van der Waals surface area contributed by atoms with E-state index in [1.807, 2.05) is 23.6 Å². The predicted octanol–water partition coefficient (Wildman–Crippen LogP) is 3.06. The van der Waals surface area contributed by atoms with Crippen LogP contribution in [0.15, 0.2) is 48.4 Å². The van der Waals surface area contributed by atoms with Gasteiger partial charge in [0.15, 0.2) is 11.5 Å².